The van der Waals surface area contributed by atoms with Crippen molar-refractivity contribution in [3.05, 3.63) is 35.7 Å². The summed E-state index contributed by atoms with van der Waals surface area (Å²) < 4.78 is 22.6. The highest BCUT2D eigenvalue weighted by molar-refractivity contribution is 7.94. The van der Waals surface area contributed by atoms with Crippen molar-refractivity contribution in [3.63, 3.8) is 0 Å². The van der Waals surface area contributed by atoms with Crippen molar-refractivity contribution in [2.24, 2.45) is 0 Å². The zero-order valence-electron chi connectivity index (χ0n) is 13.1. The number of hydrogen-bond acceptors (Lipinski definition) is 4. The van der Waals surface area contributed by atoms with Crippen LogP contribution >= 0.6 is 0 Å². The van der Waals surface area contributed by atoms with Crippen LogP contribution in [0.3, 0.4) is 0 Å². The largest absolute Gasteiger partial charge is 0.331 e. The maximum absolute atomic E-state index is 11.9. The van der Waals surface area contributed by atoms with Gasteiger partial charge >= 0.3 is 12.1 Å². The number of likely N-dealkylation sites (N-methyl/N-ethyl adjacent to an activating group) is 1. The summed E-state index contributed by atoms with van der Waals surface area (Å²) in [6.07, 6.45) is 1.45. The third kappa shape index (κ3) is 3.51. The molecule has 2 aliphatic heterocycles. The van der Waals surface area contributed by atoms with Gasteiger partial charge in [0, 0.05) is 36.9 Å². The molecule has 1 aromatic rings. The monoisotopic (exact) mass is 350 g/mol. The molecule has 1 atom stereocenters. The zero-order chi connectivity index (χ0) is 17.3. The summed E-state index contributed by atoms with van der Waals surface area (Å²) >= 11 is 0. The van der Waals surface area contributed by atoms with Gasteiger partial charge in [-0.15, -0.1) is 0 Å². The molecule has 2 N–H and O–H groups in total. The lowest BCUT2D eigenvalue weighted by Gasteiger charge is -2.17. The topological polar surface area (TPSA) is 98.8 Å². The Morgan fingerprint density at radius 2 is 1.92 bits per heavy atom. The van der Waals surface area contributed by atoms with Gasteiger partial charge < -0.3 is 15.5 Å². The quantitative estimate of drug-likeness (QED) is 0.849. The van der Waals surface area contributed by atoms with E-state index < -0.39 is 21.9 Å². The summed E-state index contributed by atoms with van der Waals surface area (Å²) in [5, 5.41) is 6.33. The zero-order valence-corrected chi connectivity index (χ0v) is 13.9. The molecule has 2 aliphatic rings. The molecule has 1 fully saturated rings. The fraction of sp³-hybridized carbons (Fsp3) is 0.333. The fourth-order valence-corrected chi connectivity index (χ4v) is 3.85. The predicted octanol–water partition coefficient (Wildman–Crippen LogP) is 0.991. The van der Waals surface area contributed by atoms with Crippen molar-refractivity contribution in [2.75, 3.05) is 36.1 Å². The first-order valence-electron chi connectivity index (χ1n) is 7.45. The average Bonchev–Trinajstić information content (AvgIpc) is 3.03. The molecule has 0 radical (unpaired) electrons. The van der Waals surface area contributed by atoms with Gasteiger partial charge in [-0.05, 0) is 30.3 Å². The molecule has 24 heavy (non-hydrogen) atoms. The molecule has 0 aliphatic carbocycles. The van der Waals surface area contributed by atoms with Gasteiger partial charge in [-0.1, -0.05) is 0 Å². The number of carbonyl (C=O) groups is 2. The van der Waals surface area contributed by atoms with Crippen LogP contribution in [0.25, 0.3) is 0 Å². The van der Waals surface area contributed by atoms with Crippen molar-refractivity contribution >= 4 is 33.3 Å². The number of nitrogens with one attached hydrogen (secondary N) is 2. The number of nitrogens with zero attached hydrogens (tertiary/aromatic N) is 2. The van der Waals surface area contributed by atoms with Crippen LogP contribution < -0.4 is 15.5 Å². The number of anilines is 2. The first-order chi connectivity index (χ1) is 11.3. The Morgan fingerprint density at radius 1 is 1.21 bits per heavy atom. The van der Waals surface area contributed by atoms with E-state index in [4.69, 9.17) is 0 Å². The van der Waals surface area contributed by atoms with Gasteiger partial charge in [0.2, 0.25) is 0 Å². The van der Waals surface area contributed by atoms with Crippen molar-refractivity contribution in [3.8, 4) is 0 Å². The van der Waals surface area contributed by atoms with E-state index in [1.165, 1.54) is 6.08 Å². The number of benzene rings is 1. The third-order valence-electron chi connectivity index (χ3n) is 3.90. The lowest BCUT2D eigenvalue weighted by molar-refractivity contribution is 0.229. The van der Waals surface area contributed by atoms with Gasteiger partial charge in [-0.25, -0.2) is 18.0 Å². The van der Waals surface area contributed by atoms with Crippen LogP contribution in [0.4, 0.5) is 21.0 Å². The Kier molecular flexibility index (Phi) is 4.18. The van der Waals surface area contributed by atoms with Crippen LogP contribution in [0.5, 0.6) is 0 Å². The molecule has 0 bridgehead atoms. The maximum atomic E-state index is 11.9. The summed E-state index contributed by atoms with van der Waals surface area (Å²) in [5.74, 6) is -0.121. The number of sulfone groups is 1. The Bertz CT molecular complexity index is 788. The second kappa shape index (κ2) is 6.16. The van der Waals surface area contributed by atoms with Gasteiger partial charge in [0.1, 0.15) is 0 Å². The van der Waals surface area contributed by atoms with E-state index in [-0.39, 0.29) is 11.8 Å². The molecule has 0 spiro atoms. The maximum Gasteiger partial charge on any atom is 0.324 e. The number of amides is 4. The molecular formula is C15H18N4O4S. The Labute approximate surface area is 140 Å². The highest BCUT2D eigenvalue weighted by Crippen LogP contribution is 2.21. The van der Waals surface area contributed by atoms with Crippen molar-refractivity contribution in [1.82, 2.24) is 10.2 Å². The summed E-state index contributed by atoms with van der Waals surface area (Å²) in [6.45, 7) is 1.31. The SMILES string of the molecule is CN1CCN(c2ccc(NC(=O)N[C@@H]3C=CS(=O)(=O)C3)cc2)C1=O. The Balaban J connectivity index is 1.57. The minimum Gasteiger partial charge on any atom is -0.331 e. The van der Waals surface area contributed by atoms with Gasteiger partial charge in [-0.3, -0.25) is 4.90 Å². The molecule has 3 rings (SSSR count). The first-order valence-corrected chi connectivity index (χ1v) is 9.17. The lowest BCUT2D eigenvalue weighted by Crippen LogP contribution is -2.38. The molecule has 8 nitrogen and oxygen atoms in total. The van der Waals surface area contributed by atoms with E-state index in [0.29, 0.717) is 18.8 Å². The van der Waals surface area contributed by atoms with Crippen LogP contribution in [-0.2, 0) is 9.84 Å². The van der Waals surface area contributed by atoms with E-state index in [9.17, 15) is 18.0 Å². The number of hydrogen-bond donors (Lipinski definition) is 2. The summed E-state index contributed by atoms with van der Waals surface area (Å²) in [5.41, 5.74) is 1.32. The molecule has 4 amide bonds. The van der Waals surface area contributed by atoms with Gasteiger partial charge in [0.05, 0.1) is 11.8 Å². The highest BCUT2D eigenvalue weighted by atomic mass is 32.2. The molecular weight excluding hydrogens is 332 g/mol. The second-order valence-electron chi connectivity index (χ2n) is 5.77. The van der Waals surface area contributed by atoms with Crippen molar-refractivity contribution < 1.29 is 18.0 Å². The first kappa shape index (κ1) is 16.3. The Morgan fingerprint density at radius 3 is 2.46 bits per heavy atom. The van der Waals surface area contributed by atoms with E-state index >= 15 is 0 Å². The van der Waals surface area contributed by atoms with Gasteiger partial charge in [0.25, 0.3) is 0 Å². The average molecular weight is 350 g/mol. The van der Waals surface area contributed by atoms with Crippen LogP contribution in [0.15, 0.2) is 35.7 Å². The molecule has 9 heteroatoms. The molecule has 2 heterocycles. The van der Waals surface area contributed by atoms with E-state index in [1.54, 1.807) is 41.1 Å². The van der Waals surface area contributed by atoms with Gasteiger partial charge in [0.15, 0.2) is 9.84 Å². The molecule has 1 aromatic carbocycles. The fourth-order valence-electron chi connectivity index (χ4n) is 2.61. The molecule has 1 saturated heterocycles. The highest BCUT2D eigenvalue weighted by Gasteiger charge is 2.26. The third-order valence-corrected chi connectivity index (χ3v) is 5.30. The van der Waals surface area contributed by atoms with E-state index in [1.807, 2.05) is 0 Å². The lowest BCUT2D eigenvalue weighted by atomic mass is 10.2. The molecule has 0 unspecified atom stereocenters. The second-order valence-corrected chi connectivity index (χ2v) is 7.70. The summed E-state index contributed by atoms with van der Waals surface area (Å²) in [7, 11) is -1.45. The summed E-state index contributed by atoms with van der Waals surface area (Å²) in [6, 6.07) is 5.85. The number of rotatable bonds is 3. The van der Waals surface area contributed by atoms with E-state index in [2.05, 4.69) is 10.6 Å². The van der Waals surface area contributed by atoms with Crippen molar-refractivity contribution in [1.29, 1.82) is 0 Å². The minimum atomic E-state index is -3.20. The Hall–Kier alpha value is -2.55. The molecule has 0 aromatic heterocycles. The number of urea groups is 2. The standard InChI is InChI=1S/C15H18N4O4S/c1-18-7-8-19(15(18)21)13-4-2-11(3-5-13)16-14(20)17-12-6-9-24(22,23)10-12/h2-6,9,12H,7-8,10H2,1H3,(H2,16,17,20)/t12-/m1/s1. The molecule has 128 valence electrons. The van der Waals surface area contributed by atoms with Gasteiger partial charge in [-0.2, -0.15) is 0 Å². The normalized spacial score (nSPS) is 22.0. The minimum absolute atomic E-state index is 0.0531. The van der Waals surface area contributed by atoms with Crippen LogP contribution in [-0.4, -0.2) is 57.3 Å². The number of carbonyl (C=O) groups excluding carboxylic acids is 2. The van der Waals surface area contributed by atoms with Crippen LogP contribution in [0.1, 0.15) is 0 Å². The van der Waals surface area contributed by atoms with Crippen LogP contribution in [0.2, 0.25) is 0 Å². The van der Waals surface area contributed by atoms with Crippen LogP contribution in [0, 0.1) is 0 Å². The van der Waals surface area contributed by atoms with Crippen molar-refractivity contribution in [2.45, 2.75) is 6.04 Å². The smallest absolute Gasteiger partial charge is 0.324 e. The summed E-state index contributed by atoms with van der Waals surface area (Å²) in [4.78, 5) is 27.1. The van der Waals surface area contributed by atoms with E-state index in [0.717, 1.165) is 11.1 Å². The predicted molar refractivity (Wildman–Crippen MR) is 90.7 cm³/mol. The molecule has 0 saturated carbocycles.